The zero-order chi connectivity index (χ0) is 27.3. The number of aromatic nitrogens is 4. The minimum absolute atomic E-state index is 0.0282. The summed E-state index contributed by atoms with van der Waals surface area (Å²) in [7, 11) is 1.69. The highest BCUT2D eigenvalue weighted by Gasteiger charge is 2.57. The largest absolute Gasteiger partial charge is 0.434 e. The number of pyridine rings is 1. The molecule has 3 aromatic heterocycles. The fourth-order valence-corrected chi connectivity index (χ4v) is 6.31. The molecule has 1 saturated carbocycles. The van der Waals surface area contributed by atoms with Crippen molar-refractivity contribution in [3.8, 4) is 16.9 Å². The van der Waals surface area contributed by atoms with Crippen LogP contribution in [0.1, 0.15) is 64.2 Å². The maximum Gasteiger partial charge on any atom is 0.387 e. The maximum absolute atomic E-state index is 13.4. The molecule has 0 radical (unpaired) electrons. The molecule has 4 aromatic rings. The van der Waals surface area contributed by atoms with Crippen LogP contribution in [-0.4, -0.2) is 50.0 Å². The predicted molar refractivity (Wildman–Crippen MR) is 131 cm³/mol. The van der Waals surface area contributed by atoms with Gasteiger partial charge in [-0.1, -0.05) is 6.07 Å². The van der Waals surface area contributed by atoms with Gasteiger partial charge in [-0.2, -0.15) is 13.9 Å². The second-order valence-corrected chi connectivity index (χ2v) is 10.5. The Kier molecular flexibility index (Phi) is 4.91. The molecule has 2 bridgehead atoms. The molecule has 0 saturated heterocycles. The zero-order valence-electron chi connectivity index (χ0n) is 20.6. The SMILES string of the molecule is CN1C(=O)c2cccc(OC(F)F)c2[C@H]2C[C@@H]1c1nn3ccc(-c4cnc(C5(N)CC(F)(F)C5)nc4)cc3c12. The van der Waals surface area contributed by atoms with E-state index < -0.39 is 36.8 Å². The van der Waals surface area contributed by atoms with E-state index in [1.165, 1.54) is 12.1 Å². The van der Waals surface area contributed by atoms with Crippen LogP contribution in [0.2, 0.25) is 0 Å². The number of hydrogen-bond donors (Lipinski definition) is 1. The molecule has 2 atom stereocenters. The summed E-state index contributed by atoms with van der Waals surface area (Å²) in [5, 5.41) is 4.75. The molecule has 3 aliphatic rings. The smallest absolute Gasteiger partial charge is 0.387 e. The number of amides is 1. The third-order valence-electron chi connectivity index (χ3n) is 8.05. The molecular formula is C27H22F4N6O2. The fraction of sp³-hybridized carbons (Fsp3) is 0.333. The second-order valence-electron chi connectivity index (χ2n) is 10.5. The highest BCUT2D eigenvalue weighted by molar-refractivity contribution is 5.98. The van der Waals surface area contributed by atoms with Crippen LogP contribution < -0.4 is 10.5 Å². The Balaban J connectivity index is 1.33. The van der Waals surface area contributed by atoms with Crippen molar-refractivity contribution in [2.75, 3.05) is 7.05 Å². The van der Waals surface area contributed by atoms with Crippen molar-refractivity contribution in [1.82, 2.24) is 24.5 Å². The van der Waals surface area contributed by atoms with E-state index in [1.54, 1.807) is 41.1 Å². The molecule has 7 rings (SSSR count). The van der Waals surface area contributed by atoms with E-state index >= 15 is 0 Å². The Morgan fingerprint density at radius 1 is 1.10 bits per heavy atom. The molecule has 4 heterocycles. The number of ether oxygens (including phenoxy) is 1. The van der Waals surface area contributed by atoms with Crippen molar-refractivity contribution in [3.63, 3.8) is 0 Å². The van der Waals surface area contributed by atoms with Gasteiger partial charge in [-0.05, 0) is 36.2 Å². The summed E-state index contributed by atoms with van der Waals surface area (Å²) in [4.78, 5) is 23.4. The average Bonchev–Trinajstić information content (AvgIpc) is 3.40. The quantitative estimate of drug-likeness (QED) is 0.380. The van der Waals surface area contributed by atoms with Crippen LogP contribution in [0.4, 0.5) is 17.6 Å². The van der Waals surface area contributed by atoms with Gasteiger partial charge < -0.3 is 15.4 Å². The molecule has 1 amide bonds. The van der Waals surface area contributed by atoms with Crippen molar-refractivity contribution in [2.24, 2.45) is 5.73 Å². The van der Waals surface area contributed by atoms with E-state index in [0.29, 0.717) is 28.8 Å². The van der Waals surface area contributed by atoms with Crippen LogP contribution in [0.15, 0.2) is 48.9 Å². The van der Waals surface area contributed by atoms with Crippen LogP contribution in [0.5, 0.6) is 5.75 Å². The third kappa shape index (κ3) is 3.54. The van der Waals surface area contributed by atoms with Gasteiger partial charge in [0, 0.05) is 66.7 Å². The van der Waals surface area contributed by atoms with E-state index in [4.69, 9.17) is 15.6 Å². The Hall–Kier alpha value is -4.06. The molecule has 0 spiro atoms. The lowest BCUT2D eigenvalue weighted by Crippen LogP contribution is -2.56. The lowest BCUT2D eigenvalue weighted by atomic mass is 9.73. The van der Waals surface area contributed by atoms with Gasteiger partial charge in [0.2, 0.25) is 0 Å². The molecule has 2 N–H and O–H groups in total. The fourth-order valence-electron chi connectivity index (χ4n) is 6.31. The van der Waals surface area contributed by atoms with Crippen molar-refractivity contribution in [3.05, 3.63) is 77.1 Å². The first kappa shape index (κ1) is 24.0. The number of carbonyl (C=O) groups is 1. The number of nitrogens with two attached hydrogens (primary N) is 1. The molecule has 200 valence electrons. The first-order chi connectivity index (χ1) is 18.5. The van der Waals surface area contributed by atoms with Crippen molar-refractivity contribution >= 4 is 11.4 Å². The normalized spacial score (nSPS) is 22.4. The molecule has 1 fully saturated rings. The first-order valence-electron chi connectivity index (χ1n) is 12.4. The lowest BCUT2D eigenvalue weighted by molar-refractivity contribution is -0.127. The van der Waals surface area contributed by atoms with Gasteiger partial charge in [0.25, 0.3) is 11.8 Å². The van der Waals surface area contributed by atoms with Gasteiger partial charge in [-0.25, -0.2) is 23.3 Å². The van der Waals surface area contributed by atoms with E-state index in [0.717, 1.165) is 16.6 Å². The standard InChI is InChI=1S/C27H22F4N6O2/c1-36-18-8-16(20-15(23(36)38)3-2-4-19(20)39-25(28)29)21-17-7-13(5-6-37(17)35-22(18)21)14-9-33-24(34-10-14)26(32)11-27(30,31)12-26/h2-7,9-10,16,18,25H,8,11-12,32H2,1H3/t16-,18-/m1/s1. The van der Waals surface area contributed by atoms with Crippen LogP contribution in [0, 0.1) is 0 Å². The summed E-state index contributed by atoms with van der Waals surface area (Å²) in [6.07, 6.45) is 4.37. The van der Waals surface area contributed by atoms with Crippen LogP contribution >= 0.6 is 0 Å². The summed E-state index contributed by atoms with van der Waals surface area (Å²) in [5.74, 6) is -3.34. The summed E-state index contributed by atoms with van der Waals surface area (Å²) in [6, 6.07) is 8.00. The molecular weight excluding hydrogens is 516 g/mol. The van der Waals surface area contributed by atoms with Crippen LogP contribution in [-0.2, 0) is 5.54 Å². The number of fused-ring (bicyclic) bond motifs is 9. The van der Waals surface area contributed by atoms with Crippen molar-refractivity contribution in [1.29, 1.82) is 0 Å². The second kappa shape index (κ2) is 7.98. The molecule has 1 aromatic carbocycles. The number of rotatable bonds is 4. The lowest BCUT2D eigenvalue weighted by Gasteiger charge is -2.42. The van der Waals surface area contributed by atoms with E-state index in [1.807, 2.05) is 12.1 Å². The highest BCUT2D eigenvalue weighted by Crippen LogP contribution is 2.54. The van der Waals surface area contributed by atoms with Crippen molar-refractivity contribution in [2.45, 2.75) is 49.3 Å². The minimum Gasteiger partial charge on any atom is -0.434 e. The molecule has 8 nitrogen and oxygen atoms in total. The Bertz CT molecular complexity index is 1650. The highest BCUT2D eigenvalue weighted by atomic mass is 19.3. The van der Waals surface area contributed by atoms with Crippen LogP contribution in [0.3, 0.4) is 0 Å². The van der Waals surface area contributed by atoms with E-state index in [2.05, 4.69) is 9.97 Å². The van der Waals surface area contributed by atoms with E-state index in [9.17, 15) is 22.4 Å². The minimum atomic E-state index is -3.04. The summed E-state index contributed by atoms with van der Waals surface area (Å²) in [5.41, 5.74) is 9.26. The summed E-state index contributed by atoms with van der Waals surface area (Å²) in [6.45, 7) is -3.04. The van der Waals surface area contributed by atoms with Crippen LogP contribution in [0.25, 0.3) is 16.6 Å². The topological polar surface area (TPSA) is 98.6 Å². The van der Waals surface area contributed by atoms with Gasteiger partial charge in [-0.15, -0.1) is 0 Å². The van der Waals surface area contributed by atoms with E-state index in [-0.39, 0.29) is 23.5 Å². The number of alkyl halides is 4. The summed E-state index contributed by atoms with van der Waals surface area (Å²) >= 11 is 0. The molecule has 2 aliphatic carbocycles. The molecule has 12 heteroatoms. The Labute approximate surface area is 219 Å². The predicted octanol–water partition coefficient (Wildman–Crippen LogP) is 4.64. The number of nitrogens with zero attached hydrogens (tertiary/aromatic N) is 5. The number of halogens is 4. The third-order valence-corrected chi connectivity index (χ3v) is 8.05. The van der Waals surface area contributed by atoms with Gasteiger partial charge in [0.05, 0.1) is 22.8 Å². The number of carbonyl (C=O) groups excluding carboxylic acids is 1. The zero-order valence-corrected chi connectivity index (χ0v) is 20.6. The van der Waals surface area contributed by atoms with Gasteiger partial charge in [0.15, 0.2) is 0 Å². The Morgan fingerprint density at radius 2 is 1.85 bits per heavy atom. The molecule has 0 unspecified atom stereocenters. The maximum atomic E-state index is 13.4. The first-order valence-corrected chi connectivity index (χ1v) is 12.4. The van der Waals surface area contributed by atoms with Gasteiger partial charge in [0.1, 0.15) is 11.6 Å². The molecule has 39 heavy (non-hydrogen) atoms. The number of benzene rings is 1. The Morgan fingerprint density at radius 3 is 2.54 bits per heavy atom. The molecule has 1 aliphatic heterocycles. The summed E-state index contributed by atoms with van der Waals surface area (Å²) < 4.78 is 60.0. The average molecular weight is 539 g/mol. The van der Waals surface area contributed by atoms with Gasteiger partial charge in [-0.3, -0.25) is 4.79 Å². The van der Waals surface area contributed by atoms with Gasteiger partial charge >= 0.3 is 6.61 Å². The number of hydrogen-bond acceptors (Lipinski definition) is 6. The monoisotopic (exact) mass is 538 g/mol. The van der Waals surface area contributed by atoms with Crippen molar-refractivity contribution < 1.29 is 27.1 Å².